The number of hydrogen-bond acceptors (Lipinski definition) is 2. The molecular weight excluding hydrogens is 220 g/mol. The summed E-state index contributed by atoms with van der Waals surface area (Å²) in [5, 5.41) is 8.45. The molecule has 2 nitrogen and oxygen atoms in total. The van der Waals surface area contributed by atoms with E-state index in [0.29, 0.717) is 6.42 Å². The third kappa shape index (κ3) is 13.6. The summed E-state index contributed by atoms with van der Waals surface area (Å²) in [6.07, 6.45) is 11.5. The normalized spacial score (nSPS) is 11.1. The predicted molar refractivity (Wildman–Crippen MR) is 72.1 cm³/mol. The zero-order chi connectivity index (χ0) is 12.1. The van der Waals surface area contributed by atoms with Crippen molar-refractivity contribution in [1.82, 2.24) is 0 Å². The van der Waals surface area contributed by atoms with Gasteiger partial charge in [-0.05, 0) is 25.0 Å². The maximum absolute atomic E-state index is 10.2. The standard InChI is InChI=1S/C13H24O2S/c1-2-16-12-10-8-6-4-3-5-7-9-11-13(14)15/h8,10H,2-7,9,11-12H2,1H3,(H,14,15). The second kappa shape index (κ2) is 12.6. The monoisotopic (exact) mass is 244 g/mol. The van der Waals surface area contributed by atoms with Gasteiger partial charge < -0.3 is 5.11 Å². The molecule has 0 aliphatic heterocycles. The minimum absolute atomic E-state index is 0.328. The summed E-state index contributed by atoms with van der Waals surface area (Å²) in [5.41, 5.74) is 0. The fourth-order valence-corrected chi connectivity index (χ4v) is 1.95. The van der Waals surface area contributed by atoms with Crippen molar-refractivity contribution in [3.63, 3.8) is 0 Å². The molecule has 0 rings (SSSR count). The lowest BCUT2D eigenvalue weighted by Gasteiger charge is -1.98. The number of hydrogen-bond donors (Lipinski definition) is 1. The first kappa shape index (κ1) is 15.6. The zero-order valence-electron chi connectivity index (χ0n) is 10.3. The summed E-state index contributed by atoms with van der Waals surface area (Å²) in [6.45, 7) is 2.18. The van der Waals surface area contributed by atoms with Gasteiger partial charge in [-0.3, -0.25) is 4.79 Å². The first-order chi connectivity index (χ1) is 7.77. The van der Waals surface area contributed by atoms with Gasteiger partial charge in [-0.2, -0.15) is 11.8 Å². The summed E-state index contributed by atoms with van der Waals surface area (Å²) in [7, 11) is 0. The minimum Gasteiger partial charge on any atom is -0.481 e. The highest BCUT2D eigenvalue weighted by atomic mass is 32.2. The minimum atomic E-state index is -0.670. The van der Waals surface area contributed by atoms with E-state index in [1.807, 2.05) is 11.8 Å². The van der Waals surface area contributed by atoms with Crippen LogP contribution in [0, 0.1) is 0 Å². The Bertz CT molecular complexity index is 190. The summed E-state index contributed by atoms with van der Waals surface area (Å²) < 4.78 is 0. The molecule has 0 bridgehead atoms. The van der Waals surface area contributed by atoms with E-state index in [1.165, 1.54) is 31.4 Å². The largest absolute Gasteiger partial charge is 0.481 e. The van der Waals surface area contributed by atoms with Crippen LogP contribution in [0.15, 0.2) is 12.2 Å². The third-order valence-electron chi connectivity index (χ3n) is 2.35. The van der Waals surface area contributed by atoms with Gasteiger partial charge in [0, 0.05) is 12.2 Å². The summed E-state index contributed by atoms with van der Waals surface area (Å²) in [5.74, 6) is 1.65. The molecule has 0 amide bonds. The van der Waals surface area contributed by atoms with Gasteiger partial charge in [0.1, 0.15) is 0 Å². The van der Waals surface area contributed by atoms with E-state index in [1.54, 1.807) is 0 Å². The molecule has 0 aromatic carbocycles. The number of aliphatic carboxylic acids is 1. The summed E-state index contributed by atoms with van der Waals surface area (Å²) in [4.78, 5) is 10.2. The molecule has 0 aliphatic carbocycles. The fraction of sp³-hybridized carbons (Fsp3) is 0.769. The molecule has 94 valence electrons. The van der Waals surface area contributed by atoms with Crippen molar-refractivity contribution >= 4 is 17.7 Å². The Balaban J connectivity index is 3.03. The van der Waals surface area contributed by atoms with Gasteiger partial charge in [0.15, 0.2) is 0 Å². The molecule has 0 unspecified atom stereocenters. The van der Waals surface area contributed by atoms with Crippen LogP contribution in [0.3, 0.4) is 0 Å². The molecule has 0 aromatic heterocycles. The van der Waals surface area contributed by atoms with E-state index < -0.39 is 5.97 Å². The Morgan fingerprint density at radius 1 is 1.12 bits per heavy atom. The Morgan fingerprint density at radius 3 is 2.50 bits per heavy atom. The second-order valence-corrected chi connectivity index (χ2v) is 5.15. The molecular formula is C13H24O2S. The highest BCUT2D eigenvalue weighted by Crippen LogP contribution is 2.08. The number of rotatable bonds is 11. The van der Waals surface area contributed by atoms with Crippen LogP contribution >= 0.6 is 11.8 Å². The van der Waals surface area contributed by atoms with E-state index >= 15 is 0 Å². The zero-order valence-corrected chi connectivity index (χ0v) is 11.1. The summed E-state index contributed by atoms with van der Waals surface area (Å²) in [6, 6.07) is 0. The van der Waals surface area contributed by atoms with Crippen LogP contribution in [0.2, 0.25) is 0 Å². The van der Waals surface area contributed by atoms with Crippen molar-refractivity contribution in [3.8, 4) is 0 Å². The molecule has 0 saturated heterocycles. The molecule has 0 aliphatic rings. The summed E-state index contributed by atoms with van der Waals surface area (Å²) >= 11 is 1.94. The van der Waals surface area contributed by atoms with Crippen molar-refractivity contribution in [1.29, 1.82) is 0 Å². The molecule has 0 atom stereocenters. The number of unbranched alkanes of at least 4 members (excludes halogenated alkanes) is 5. The molecule has 16 heavy (non-hydrogen) atoms. The van der Waals surface area contributed by atoms with Gasteiger partial charge >= 0.3 is 5.97 Å². The SMILES string of the molecule is CCSCC=CCCCCCCCC(=O)O. The van der Waals surface area contributed by atoms with Crippen LogP contribution in [-0.2, 0) is 4.79 Å². The first-order valence-corrected chi connectivity index (χ1v) is 7.37. The predicted octanol–water partition coefficient (Wildman–Crippen LogP) is 4.11. The van der Waals surface area contributed by atoms with Crippen LogP contribution in [0.25, 0.3) is 0 Å². The van der Waals surface area contributed by atoms with Gasteiger partial charge in [-0.25, -0.2) is 0 Å². The van der Waals surface area contributed by atoms with E-state index in [-0.39, 0.29) is 0 Å². The fourth-order valence-electron chi connectivity index (χ4n) is 1.44. The maximum atomic E-state index is 10.2. The average Bonchev–Trinajstić information content (AvgIpc) is 2.25. The van der Waals surface area contributed by atoms with Gasteiger partial charge in [0.2, 0.25) is 0 Å². The second-order valence-electron chi connectivity index (χ2n) is 3.83. The van der Waals surface area contributed by atoms with Crippen molar-refractivity contribution < 1.29 is 9.90 Å². The number of carboxylic acids is 1. The van der Waals surface area contributed by atoms with Gasteiger partial charge in [-0.1, -0.05) is 38.3 Å². The lowest BCUT2D eigenvalue weighted by molar-refractivity contribution is -0.137. The highest BCUT2D eigenvalue weighted by molar-refractivity contribution is 7.99. The van der Waals surface area contributed by atoms with E-state index in [2.05, 4.69) is 19.1 Å². The van der Waals surface area contributed by atoms with Crippen LogP contribution in [0.1, 0.15) is 51.9 Å². The third-order valence-corrected chi connectivity index (χ3v) is 3.18. The maximum Gasteiger partial charge on any atom is 0.303 e. The van der Waals surface area contributed by atoms with E-state index in [0.717, 1.165) is 18.6 Å². The molecule has 1 N–H and O–H groups in total. The Hall–Kier alpha value is -0.440. The van der Waals surface area contributed by atoms with Crippen molar-refractivity contribution in [2.45, 2.75) is 51.9 Å². The van der Waals surface area contributed by atoms with Crippen molar-refractivity contribution in [3.05, 3.63) is 12.2 Å². The molecule has 0 radical (unpaired) electrons. The lowest BCUT2D eigenvalue weighted by atomic mass is 10.1. The Morgan fingerprint density at radius 2 is 1.81 bits per heavy atom. The van der Waals surface area contributed by atoms with Crippen LogP contribution in [0.4, 0.5) is 0 Å². The Kier molecular flexibility index (Phi) is 12.3. The highest BCUT2D eigenvalue weighted by Gasteiger charge is 1.95. The first-order valence-electron chi connectivity index (χ1n) is 6.22. The molecule has 0 spiro atoms. The number of carbonyl (C=O) groups is 1. The van der Waals surface area contributed by atoms with Crippen LogP contribution in [0.5, 0.6) is 0 Å². The molecule has 0 heterocycles. The average molecular weight is 244 g/mol. The lowest BCUT2D eigenvalue weighted by Crippen LogP contribution is -1.93. The smallest absolute Gasteiger partial charge is 0.303 e. The van der Waals surface area contributed by atoms with E-state index in [4.69, 9.17) is 5.11 Å². The van der Waals surface area contributed by atoms with Gasteiger partial charge in [0.25, 0.3) is 0 Å². The molecule has 0 aromatic rings. The van der Waals surface area contributed by atoms with Gasteiger partial charge in [-0.15, -0.1) is 0 Å². The van der Waals surface area contributed by atoms with E-state index in [9.17, 15) is 4.79 Å². The van der Waals surface area contributed by atoms with Crippen LogP contribution in [-0.4, -0.2) is 22.6 Å². The molecule has 0 fully saturated rings. The van der Waals surface area contributed by atoms with Crippen LogP contribution < -0.4 is 0 Å². The number of carboxylic acid groups (broad SMARTS) is 1. The van der Waals surface area contributed by atoms with Gasteiger partial charge in [0.05, 0.1) is 0 Å². The van der Waals surface area contributed by atoms with Crippen molar-refractivity contribution in [2.75, 3.05) is 11.5 Å². The number of allylic oxidation sites excluding steroid dienone is 1. The number of thioether (sulfide) groups is 1. The topological polar surface area (TPSA) is 37.3 Å². The Labute approximate surface area is 104 Å². The molecule has 0 saturated carbocycles. The van der Waals surface area contributed by atoms with Crippen molar-refractivity contribution in [2.24, 2.45) is 0 Å². The molecule has 3 heteroatoms. The quantitative estimate of drug-likeness (QED) is 0.439.